The highest BCUT2D eigenvalue weighted by Crippen LogP contribution is 2.34. The quantitative estimate of drug-likeness (QED) is 0.530. The van der Waals surface area contributed by atoms with E-state index in [1.165, 1.54) is 16.9 Å². The number of benzene rings is 1. The van der Waals surface area contributed by atoms with Crippen LogP contribution in [-0.2, 0) is 26.4 Å². The summed E-state index contributed by atoms with van der Waals surface area (Å²) in [5.41, 5.74) is 5.49. The third kappa shape index (κ3) is 3.33. The minimum Gasteiger partial charge on any atom is -0.325 e. The van der Waals surface area contributed by atoms with E-state index in [-0.39, 0.29) is 5.56 Å². The molecule has 0 amide bonds. The highest BCUT2D eigenvalue weighted by Gasteiger charge is 2.21. The lowest BCUT2D eigenvalue weighted by molar-refractivity contribution is 0.659. The number of nitrogens with one attached hydrogen (secondary N) is 1. The summed E-state index contributed by atoms with van der Waals surface area (Å²) in [5, 5.41) is 8.73. The SMILES string of the molecule is Cc1cc(C)n(Cc2cccc(Nc3nc4sc5c(c4c(=O)n3C)CCCC5)c2)n1. The van der Waals surface area contributed by atoms with Crippen molar-refractivity contribution in [2.45, 2.75) is 46.1 Å². The molecule has 30 heavy (non-hydrogen) atoms. The molecule has 3 heterocycles. The molecule has 6 nitrogen and oxygen atoms in total. The highest BCUT2D eigenvalue weighted by atomic mass is 32.1. The second-order valence-corrected chi connectivity index (χ2v) is 9.18. The van der Waals surface area contributed by atoms with Crippen molar-refractivity contribution in [3.63, 3.8) is 0 Å². The minimum absolute atomic E-state index is 0.0423. The first-order valence-corrected chi connectivity index (χ1v) is 11.2. The summed E-state index contributed by atoms with van der Waals surface area (Å²) in [4.78, 5) is 20.1. The minimum atomic E-state index is 0.0423. The molecule has 5 rings (SSSR count). The summed E-state index contributed by atoms with van der Waals surface area (Å²) < 4.78 is 3.64. The number of rotatable bonds is 4. The Labute approximate surface area is 179 Å². The molecule has 0 fully saturated rings. The fourth-order valence-corrected chi connectivity index (χ4v) is 5.53. The Morgan fingerprint density at radius 1 is 1.17 bits per heavy atom. The number of thiophene rings is 1. The largest absolute Gasteiger partial charge is 0.325 e. The molecule has 0 atom stereocenters. The smallest absolute Gasteiger partial charge is 0.263 e. The molecule has 0 spiro atoms. The van der Waals surface area contributed by atoms with Gasteiger partial charge in [-0.2, -0.15) is 5.10 Å². The van der Waals surface area contributed by atoms with Gasteiger partial charge in [0.1, 0.15) is 4.83 Å². The summed E-state index contributed by atoms with van der Waals surface area (Å²) >= 11 is 1.68. The van der Waals surface area contributed by atoms with Gasteiger partial charge in [-0.05, 0) is 68.9 Å². The predicted octanol–water partition coefficient (Wildman–Crippen LogP) is 4.48. The van der Waals surface area contributed by atoms with Gasteiger partial charge in [0.15, 0.2) is 0 Å². The Balaban J connectivity index is 1.48. The summed E-state index contributed by atoms with van der Waals surface area (Å²) in [5.74, 6) is 0.578. The molecular formula is C23H25N5OS. The molecule has 154 valence electrons. The number of aromatic nitrogens is 4. The number of anilines is 2. The van der Waals surface area contributed by atoms with Crippen molar-refractivity contribution in [1.29, 1.82) is 0 Å². The molecule has 3 aromatic heterocycles. The maximum absolute atomic E-state index is 13.1. The van der Waals surface area contributed by atoms with E-state index in [0.29, 0.717) is 12.5 Å². The van der Waals surface area contributed by atoms with Crippen molar-refractivity contribution >= 4 is 33.2 Å². The van der Waals surface area contributed by atoms with Gasteiger partial charge in [0.25, 0.3) is 5.56 Å². The van der Waals surface area contributed by atoms with Gasteiger partial charge in [0, 0.05) is 23.3 Å². The Bertz CT molecular complexity index is 1310. The van der Waals surface area contributed by atoms with Crippen LogP contribution < -0.4 is 10.9 Å². The van der Waals surface area contributed by atoms with Crippen LogP contribution >= 0.6 is 11.3 Å². The second kappa shape index (κ2) is 7.40. The number of hydrogen-bond donors (Lipinski definition) is 1. The van der Waals surface area contributed by atoms with Crippen LogP contribution in [0.15, 0.2) is 35.1 Å². The summed E-state index contributed by atoms with van der Waals surface area (Å²) in [6.07, 6.45) is 4.42. The standard InChI is InChI=1S/C23H25N5OS/c1-14-11-15(2)28(26-14)13-16-7-6-8-17(12-16)24-23-25-21-20(22(29)27(23)3)18-9-4-5-10-19(18)30-21/h6-8,11-12H,4-5,9-10,13H2,1-3H3,(H,24,25). The van der Waals surface area contributed by atoms with Crippen LogP contribution in [-0.4, -0.2) is 19.3 Å². The topological polar surface area (TPSA) is 64.7 Å². The van der Waals surface area contributed by atoms with Gasteiger partial charge in [0.2, 0.25) is 5.95 Å². The summed E-state index contributed by atoms with van der Waals surface area (Å²) in [6, 6.07) is 10.3. The van der Waals surface area contributed by atoms with Crippen LogP contribution in [0.3, 0.4) is 0 Å². The molecule has 0 saturated carbocycles. The molecule has 0 saturated heterocycles. The maximum Gasteiger partial charge on any atom is 0.263 e. The lowest BCUT2D eigenvalue weighted by atomic mass is 9.97. The van der Waals surface area contributed by atoms with Crippen LogP contribution in [0.5, 0.6) is 0 Å². The molecule has 1 aliphatic rings. The Morgan fingerprint density at radius 2 is 2.00 bits per heavy atom. The van der Waals surface area contributed by atoms with Gasteiger partial charge in [-0.25, -0.2) is 4.98 Å². The number of hydrogen-bond acceptors (Lipinski definition) is 5. The van der Waals surface area contributed by atoms with Crippen LogP contribution in [0.4, 0.5) is 11.6 Å². The zero-order valence-corrected chi connectivity index (χ0v) is 18.3. The van der Waals surface area contributed by atoms with Gasteiger partial charge >= 0.3 is 0 Å². The average molecular weight is 420 g/mol. The van der Waals surface area contributed by atoms with Crippen molar-refractivity contribution in [2.24, 2.45) is 7.05 Å². The van der Waals surface area contributed by atoms with Crippen LogP contribution in [0.25, 0.3) is 10.2 Å². The first-order chi connectivity index (χ1) is 14.5. The third-order valence-corrected chi connectivity index (χ3v) is 7.00. The predicted molar refractivity (Wildman–Crippen MR) is 122 cm³/mol. The number of aryl methyl sites for hydroxylation is 4. The first-order valence-electron chi connectivity index (χ1n) is 10.4. The van der Waals surface area contributed by atoms with Crippen molar-refractivity contribution in [2.75, 3.05) is 5.32 Å². The fraction of sp³-hybridized carbons (Fsp3) is 0.348. The lowest BCUT2D eigenvalue weighted by Gasteiger charge is -2.13. The summed E-state index contributed by atoms with van der Waals surface area (Å²) in [7, 11) is 1.80. The van der Waals surface area contributed by atoms with E-state index in [4.69, 9.17) is 4.98 Å². The van der Waals surface area contributed by atoms with Gasteiger partial charge in [-0.15, -0.1) is 11.3 Å². The molecule has 0 aliphatic heterocycles. The molecule has 1 N–H and O–H groups in total. The van der Waals surface area contributed by atoms with Gasteiger partial charge in [-0.1, -0.05) is 12.1 Å². The number of fused-ring (bicyclic) bond motifs is 3. The molecular weight excluding hydrogens is 394 g/mol. The van der Waals surface area contributed by atoms with E-state index in [1.54, 1.807) is 23.0 Å². The van der Waals surface area contributed by atoms with Crippen LogP contribution in [0, 0.1) is 13.8 Å². The highest BCUT2D eigenvalue weighted by molar-refractivity contribution is 7.18. The van der Waals surface area contributed by atoms with E-state index in [9.17, 15) is 4.79 Å². The van der Waals surface area contributed by atoms with Crippen molar-refractivity contribution < 1.29 is 0 Å². The number of nitrogens with zero attached hydrogens (tertiary/aromatic N) is 4. The third-order valence-electron chi connectivity index (χ3n) is 5.82. The zero-order valence-electron chi connectivity index (χ0n) is 17.5. The van der Waals surface area contributed by atoms with Crippen LogP contribution in [0.1, 0.15) is 40.2 Å². The molecule has 0 radical (unpaired) electrons. The average Bonchev–Trinajstić information content (AvgIpc) is 3.25. The molecule has 0 bridgehead atoms. The Kier molecular flexibility index (Phi) is 4.70. The van der Waals surface area contributed by atoms with Gasteiger partial charge < -0.3 is 5.32 Å². The second-order valence-electron chi connectivity index (χ2n) is 8.10. The van der Waals surface area contributed by atoms with E-state index in [2.05, 4.69) is 35.5 Å². The monoisotopic (exact) mass is 419 g/mol. The van der Waals surface area contributed by atoms with Gasteiger partial charge in [-0.3, -0.25) is 14.0 Å². The summed E-state index contributed by atoms with van der Waals surface area (Å²) in [6.45, 7) is 4.78. The first kappa shape index (κ1) is 19.1. The van der Waals surface area contributed by atoms with Crippen LogP contribution in [0.2, 0.25) is 0 Å². The van der Waals surface area contributed by atoms with E-state index in [0.717, 1.165) is 52.1 Å². The van der Waals surface area contributed by atoms with Crippen molar-refractivity contribution in [1.82, 2.24) is 19.3 Å². The Morgan fingerprint density at radius 3 is 2.80 bits per heavy atom. The van der Waals surface area contributed by atoms with E-state index < -0.39 is 0 Å². The maximum atomic E-state index is 13.1. The molecule has 1 aromatic carbocycles. The van der Waals surface area contributed by atoms with E-state index in [1.807, 2.05) is 23.7 Å². The molecule has 7 heteroatoms. The zero-order chi connectivity index (χ0) is 20.8. The fourth-order valence-electron chi connectivity index (χ4n) is 4.28. The molecule has 4 aromatic rings. The van der Waals surface area contributed by atoms with Crippen molar-refractivity contribution in [3.05, 3.63) is 68.1 Å². The van der Waals surface area contributed by atoms with Gasteiger partial charge in [0.05, 0.1) is 17.6 Å². The molecule has 1 aliphatic carbocycles. The Hall–Kier alpha value is -2.93. The van der Waals surface area contributed by atoms with Crippen molar-refractivity contribution in [3.8, 4) is 0 Å². The normalized spacial score (nSPS) is 13.6. The molecule has 0 unspecified atom stereocenters. The lowest BCUT2D eigenvalue weighted by Crippen LogP contribution is -2.21. The van der Waals surface area contributed by atoms with E-state index >= 15 is 0 Å².